The minimum atomic E-state index is -1.71. The van der Waals surface area contributed by atoms with Crippen LogP contribution >= 0.6 is 0 Å². The van der Waals surface area contributed by atoms with Gasteiger partial charge < -0.3 is 38.2 Å². The molecule has 0 radical (unpaired) electrons. The zero-order valence-corrected chi connectivity index (χ0v) is 30.9. The molecule has 6 N–H and O–H groups in total. The molecule has 1 aliphatic rings. The minimum absolute atomic E-state index is 0. The van der Waals surface area contributed by atoms with Crippen molar-refractivity contribution in [2.24, 2.45) is 0 Å². The van der Waals surface area contributed by atoms with E-state index < -0.39 is 61.6 Å². The van der Waals surface area contributed by atoms with Crippen molar-refractivity contribution in [2.45, 2.75) is 32.5 Å². The quantitative estimate of drug-likeness (QED) is 0.0713. The molecule has 3 aromatic carbocycles. The second-order valence-electron chi connectivity index (χ2n) is 11.1. The number of hydrogen-bond acceptors (Lipinski definition) is 10. The molecule has 246 valence electrons. The number of carboxylic acids is 4. The van der Waals surface area contributed by atoms with Crippen LogP contribution in [0.3, 0.4) is 0 Å². The van der Waals surface area contributed by atoms with Crippen LogP contribution in [-0.4, -0.2) is 96.5 Å². The van der Waals surface area contributed by atoms with Crippen molar-refractivity contribution < 1.29 is 121 Å². The van der Waals surface area contributed by atoms with Gasteiger partial charge in [0.15, 0.2) is 5.60 Å². The van der Waals surface area contributed by atoms with E-state index in [4.69, 9.17) is 4.74 Å². The molecule has 0 aromatic heterocycles. The molecule has 1 heterocycles. The average molecular weight is 685 g/mol. The predicted molar refractivity (Wildman–Crippen MR) is 161 cm³/mol. The van der Waals surface area contributed by atoms with Gasteiger partial charge in [-0.05, 0) is 55.3 Å². The van der Waals surface area contributed by atoms with E-state index in [2.05, 4.69) is 0 Å². The maximum Gasteiger partial charge on any atom is 1.00 e. The van der Waals surface area contributed by atoms with E-state index in [0.29, 0.717) is 27.8 Å². The third-order valence-corrected chi connectivity index (χ3v) is 7.57. The van der Waals surface area contributed by atoms with Crippen LogP contribution in [0.2, 0.25) is 0 Å². The molecule has 1 aliphatic heterocycles. The Balaban J connectivity index is 0.00000600. The van der Waals surface area contributed by atoms with Crippen LogP contribution < -0.4 is 59.1 Å². The zero-order valence-electron chi connectivity index (χ0n) is 28.9. The van der Waals surface area contributed by atoms with Crippen LogP contribution in [-0.2, 0) is 42.6 Å². The van der Waals surface area contributed by atoms with Crippen LogP contribution in [0.4, 0.5) is 0 Å². The summed E-state index contributed by atoms with van der Waals surface area (Å²) in [4.78, 5) is 61.4. The normalized spacial score (nSPS) is 12.9. The van der Waals surface area contributed by atoms with Crippen molar-refractivity contribution in [3.8, 4) is 11.5 Å². The van der Waals surface area contributed by atoms with E-state index in [0.717, 1.165) is 9.80 Å². The fraction of sp³-hybridized carbons (Fsp3) is 0.281. The second kappa shape index (κ2) is 16.8. The third kappa shape index (κ3) is 8.95. The summed E-state index contributed by atoms with van der Waals surface area (Å²) in [5, 5.41) is 59.3. The summed E-state index contributed by atoms with van der Waals surface area (Å²) >= 11 is 0. The summed E-state index contributed by atoms with van der Waals surface area (Å²) in [7, 11) is 0. The maximum atomic E-state index is 13.3. The number of hydrogen-bond donors (Lipinski definition) is 6. The average Bonchev–Trinajstić information content (AvgIpc) is 3.25. The number of carbonyl (C=O) groups excluding carboxylic acids is 1. The number of rotatable bonds is 14. The molecule has 0 spiro atoms. The Labute approximate surface area is 322 Å². The van der Waals surface area contributed by atoms with Gasteiger partial charge in [-0.3, -0.25) is 29.0 Å². The molecule has 3 aromatic rings. The molecule has 0 aliphatic carbocycles. The number of carbonyl (C=O) groups is 5. The van der Waals surface area contributed by atoms with Gasteiger partial charge in [0.25, 0.3) is 0 Å². The van der Waals surface area contributed by atoms with Gasteiger partial charge >= 0.3 is 89.0 Å². The number of aliphatic carboxylic acids is 4. The number of phenolic OH excluding ortho intramolecular Hbond substituents is 2. The Hall–Kier alpha value is -3.47. The van der Waals surface area contributed by atoms with Gasteiger partial charge in [0.1, 0.15) is 11.5 Å². The van der Waals surface area contributed by atoms with E-state index >= 15 is 0 Å². The smallest absolute Gasteiger partial charge is 1.00 e. The van der Waals surface area contributed by atoms with Crippen LogP contribution in [0.25, 0.3) is 0 Å². The fourth-order valence-corrected chi connectivity index (χ4v) is 5.75. The molecule has 48 heavy (non-hydrogen) atoms. The van der Waals surface area contributed by atoms with Crippen LogP contribution in [0, 0.1) is 13.8 Å². The number of aryl methyl sites for hydroxylation is 2. The van der Waals surface area contributed by atoms with Gasteiger partial charge in [0, 0.05) is 40.9 Å². The van der Waals surface area contributed by atoms with E-state index in [1.807, 2.05) is 0 Å². The van der Waals surface area contributed by atoms with E-state index in [-0.39, 0.29) is 103 Å². The van der Waals surface area contributed by atoms with Gasteiger partial charge in [-0.15, -0.1) is 0 Å². The number of phenols is 2. The molecular formula is C32H34N2Na2O12. The molecule has 16 heteroatoms. The number of fused-ring (bicyclic) bond motifs is 1. The summed E-state index contributed by atoms with van der Waals surface area (Å²) in [6.07, 6.45) is 0. The molecule has 0 fully saturated rings. The summed E-state index contributed by atoms with van der Waals surface area (Å²) in [5.74, 6) is -6.26. The van der Waals surface area contributed by atoms with Crippen molar-refractivity contribution in [2.75, 3.05) is 26.2 Å². The Kier molecular flexibility index (Phi) is 14.2. The van der Waals surface area contributed by atoms with E-state index in [1.54, 1.807) is 50.2 Å². The molecule has 4 rings (SSSR count). The predicted octanol–water partition coefficient (Wildman–Crippen LogP) is -3.65. The molecular weight excluding hydrogens is 650 g/mol. The van der Waals surface area contributed by atoms with Gasteiger partial charge in [-0.2, -0.15) is 0 Å². The van der Waals surface area contributed by atoms with Crippen molar-refractivity contribution >= 4 is 29.8 Å². The fourth-order valence-electron chi connectivity index (χ4n) is 5.75. The minimum Gasteiger partial charge on any atom is -1.00 e. The van der Waals surface area contributed by atoms with Crippen LogP contribution in [0.15, 0.2) is 48.5 Å². The Morgan fingerprint density at radius 2 is 1.06 bits per heavy atom. The maximum absolute atomic E-state index is 13.3. The van der Waals surface area contributed by atoms with Gasteiger partial charge in [0.2, 0.25) is 0 Å². The van der Waals surface area contributed by atoms with Crippen molar-refractivity contribution in [1.29, 1.82) is 0 Å². The van der Waals surface area contributed by atoms with E-state index in [9.17, 15) is 54.6 Å². The van der Waals surface area contributed by atoms with Crippen LogP contribution in [0.5, 0.6) is 11.5 Å². The topological polar surface area (TPSA) is 222 Å². The van der Waals surface area contributed by atoms with Gasteiger partial charge in [-0.1, -0.05) is 18.2 Å². The van der Waals surface area contributed by atoms with Crippen molar-refractivity contribution in [1.82, 2.24) is 9.80 Å². The third-order valence-electron chi connectivity index (χ3n) is 7.57. The first-order chi connectivity index (χ1) is 21.6. The standard InChI is InChI=1S/C32H32N2O12.2Na.2H/c1-17-7-21(9-19(29(17)43)11-33(13-25(35)36)14-26(37)38)32(24-6-4-3-5-23(24)31(45)46-32)22-8-18(2)30(44)20(10-22)12-34(15-27(39)40)16-28(41)42;;;;/h3-10,43-44H,11-16H2,1-2H3,(H,35,36)(H,37,38)(H,39,40)(H,41,42);;;;/q;2*+1;2*-1. The first kappa shape index (κ1) is 40.7. The summed E-state index contributed by atoms with van der Waals surface area (Å²) in [6.45, 7) is 0.0158. The Morgan fingerprint density at radius 1 is 0.688 bits per heavy atom. The molecule has 0 unspecified atom stereocenters. The zero-order chi connectivity index (χ0) is 33.9. The largest absolute Gasteiger partial charge is 1.00 e. The van der Waals surface area contributed by atoms with Crippen LogP contribution in [0.1, 0.15) is 52.2 Å². The molecule has 14 nitrogen and oxygen atoms in total. The SMILES string of the molecule is Cc1cc(C2(c3cc(C)c(O)c(CN(CC(=O)O)CC(=O)O)c3)OC(=O)c3ccccc32)cc(CN(CC(=O)O)CC(=O)O)c1O.[H-].[H-].[Na+].[Na+]. The summed E-state index contributed by atoms with van der Waals surface area (Å²) < 4.78 is 6.15. The van der Waals surface area contributed by atoms with Gasteiger partial charge in [0.05, 0.1) is 31.7 Å². The molecule has 0 bridgehead atoms. The molecule has 0 saturated heterocycles. The van der Waals surface area contributed by atoms with Crippen molar-refractivity contribution in [3.05, 3.63) is 93.0 Å². The van der Waals surface area contributed by atoms with Gasteiger partial charge in [-0.25, -0.2) is 4.79 Å². The first-order valence-electron chi connectivity index (χ1n) is 13.9. The van der Waals surface area contributed by atoms with E-state index in [1.165, 1.54) is 12.1 Å². The number of cyclic esters (lactones) is 1. The monoisotopic (exact) mass is 684 g/mol. The molecule has 0 saturated carbocycles. The Morgan fingerprint density at radius 3 is 1.44 bits per heavy atom. The number of esters is 1. The summed E-state index contributed by atoms with van der Waals surface area (Å²) in [6, 6.07) is 12.6. The number of aromatic hydroxyl groups is 2. The van der Waals surface area contributed by atoms with Crippen molar-refractivity contribution in [3.63, 3.8) is 0 Å². The Bertz CT molecular complexity index is 1630. The molecule has 0 atom stereocenters. The number of ether oxygens (including phenoxy) is 1. The summed E-state index contributed by atoms with van der Waals surface area (Å²) in [5.41, 5.74) is 0.459. The molecule has 0 amide bonds. The number of nitrogens with zero attached hydrogens (tertiary/aromatic N) is 2. The first-order valence-corrected chi connectivity index (χ1v) is 13.9. The second-order valence-corrected chi connectivity index (χ2v) is 11.1. The number of benzene rings is 3. The number of carboxylic acid groups (broad SMARTS) is 4.